The molecule has 2 atom stereocenters. The van der Waals surface area contributed by atoms with Crippen LogP contribution in [0.2, 0.25) is 0 Å². The van der Waals surface area contributed by atoms with Gasteiger partial charge in [0.25, 0.3) is 0 Å². The quantitative estimate of drug-likeness (QED) is 0.802. The Morgan fingerprint density at radius 1 is 1.27 bits per heavy atom. The van der Waals surface area contributed by atoms with Gasteiger partial charge in [0.05, 0.1) is 10.7 Å². The molecule has 0 radical (unpaired) electrons. The number of rotatable bonds is 4. The van der Waals surface area contributed by atoms with Crippen LogP contribution in [0.15, 0.2) is 35.7 Å². The van der Waals surface area contributed by atoms with E-state index in [4.69, 9.17) is 4.98 Å². The van der Waals surface area contributed by atoms with E-state index in [1.807, 2.05) is 6.07 Å². The first-order valence-electron chi connectivity index (χ1n) is 9.32. The first-order chi connectivity index (χ1) is 12.3. The molecule has 2 heterocycles. The predicted molar refractivity (Wildman–Crippen MR) is 106 cm³/mol. The second kappa shape index (κ2) is 7.78. The van der Waals surface area contributed by atoms with Gasteiger partial charge in [-0.2, -0.15) is 0 Å². The standard InChI is InChI=1S/C21H28N2O2S/c1-21(2,3)18-13-16(11-12-23(18)20(24)25)19-22-17(14-26-19)10-9-15-7-5-4-6-8-15/h4-8,14,16,18H,9-13H2,1-3H3,(H,24,25). The van der Waals surface area contributed by atoms with Crippen LogP contribution < -0.4 is 0 Å². The van der Waals surface area contributed by atoms with Gasteiger partial charge in [-0.3, -0.25) is 0 Å². The lowest BCUT2D eigenvalue weighted by atomic mass is 9.77. The maximum Gasteiger partial charge on any atom is 0.407 e. The third-order valence-corrected chi connectivity index (χ3v) is 6.34. The number of hydrogen-bond donors (Lipinski definition) is 1. The average Bonchev–Trinajstić information content (AvgIpc) is 3.08. The van der Waals surface area contributed by atoms with Gasteiger partial charge in [0.15, 0.2) is 0 Å². The van der Waals surface area contributed by atoms with Gasteiger partial charge in [-0.25, -0.2) is 9.78 Å². The Morgan fingerprint density at radius 3 is 2.65 bits per heavy atom. The van der Waals surface area contributed by atoms with E-state index in [0.717, 1.165) is 31.4 Å². The van der Waals surface area contributed by atoms with Crippen molar-refractivity contribution in [1.82, 2.24) is 9.88 Å². The highest BCUT2D eigenvalue weighted by Crippen LogP contribution is 2.39. The lowest BCUT2D eigenvalue weighted by Gasteiger charge is -2.44. The predicted octanol–water partition coefficient (Wildman–Crippen LogP) is 5.20. The summed E-state index contributed by atoms with van der Waals surface area (Å²) in [7, 11) is 0. The number of hydrogen-bond acceptors (Lipinski definition) is 3. The van der Waals surface area contributed by atoms with Crippen molar-refractivity contribution in [3.05, 3.63) is 52.0 Å². The molecule has 0 spiro atoms. The summed E-state index contributed by atoms with van der Waals surface area (Å²) >= 11 is 1.74. The largest absolute Gasteiger partial charge is 0.465 e. The first-order valence-corrected chi connectivity index (χ1v) is 10.2. The maximum absolute atomic E-state index is 11.6. The smallest absolute Gasteiger partial charge is 0.407 e. The van der Waals surface area contributed by atoms with Crippen LogP contribution >= 0.6 is 11.3 Å². The lowest BCUT2D eigenvalue weighted by Crippen LogP contribution is -2.51. The van der Waals surface area contributed by atoms with Gasteiger partial charge in [-0.15, -0.1) is 11.3 Å². The van der Waals surface area contributed by atoms with Crippen molar-refractivity contribution in [2.75, 3.05) is 6.54 Å². The van der Waals surface area contributed by atoms with E-state index in [-0.39, 0.29) is 11.5 Å². The second-order valence-corrected chi connectivity index (χ2v) is 9.13. The van der Waals surface area contributed by atoms with Crippen LogP contribution in [0.3, 0.4) is 0 Å². The summed E-state index contributed by atoms with van der Waals surface area (Å²) in [6.45, 7) is 6.98. The maximum atomic E-state index is 11.6. The number of thiazole rings is 1. The molecule has 0 aliphatic carbocycles. The van der Waals surface area contributed by atoms with E-state index < -0.39 is 6.09 Å². The molecule has 1 amide bonds. The van der Waals surface area contributed by atoms with E-state index in [9.17, 15) is 9.90 Å². The van der Waals surface area contributed by atoms with Crippen LogP contribution in [0.1, 0.15) is 55.8 Å². The Balaban J connectivity index is 1.66. The van der Waals surface area contributed by atoms with Gasteiger partial charge in [0, 0.05) is 23.9 Å². The van der Waals surface area contributed by atoms with E-state index in [2.05, 4.69) is 50.4 Å². The molecular formula is C21H28N2O2S. The molecule has 2 aromatic rings. The topological polar surface area (TPSA) is 53.4 Å². The molecule has 5 heteroatoms. The number of amides is 1. The number of likely N-dealkylation sites (tertiary alicyclic amines) is 1. The minimum absolute atomic E-state index is 0.0374. The molecule has 4 nitrogen and oxygen atoms in total. The van der Waals surface area contributed by atoms with Crippen molar-refractivity contribution in [2.24, 2.45) is 5.41 Å². The molecule has 0 saturated carbocycles. The first kappa shape index (κ1) is 18.9. The van der Waals surface area contributed by atoms with Crippen LogP contribution in [0.25, 0.3) is 0 Å². The highest BCUT2D eigenvalue weighted by molar-refractivity contribution is 7.09. The van der Waals surface area contributed by atoms with E-state index in [0.29, 0.717) is 12.5 Å². The number of carbonyl (C=O) groups is 1. The summed E-state index contributed by atoms with van der Waals surface area (Å²) in [5.41, 5.74) is 2.43. The summed E-state index contributed by atoms with van der Waals surface area (Å²) in [4.78, 5) is 18.1. The van der Waals surface area contributed by atoms with Crippen molar-refractivity contribution in [1.29, 1.82) is 0 Å². The molecule has 1 N–H and O–H groups in total. The normalized spacial score (nSPS) is 21.0. The Hall–Kier alpha value is -1.88. The van der Waals surface area contributed by atoms with Crippen LogP contribution in [-0.4, -0.2) is 33.7 Å². The fourth-order valence-corrected chi connectivity index (χ4v) is 4.79. The molecule has 1 aromatic carbocycles. The molecule has 1 aliphatic heterocycles. The minimum atomic E-state index is -0.800. The Labute approximate surface area is 159 Å². The number of nitrogens with zero attached hydrogens (tertiary/aromatic N) is 2. The molecule has 1 aliphatic rings. The lowest BCUT2D eigenvalue weighted by molar-refractivity contribution is 0.0525. The monoisotopic (exact) mass is 372 g/mol. The number of carboxylic acid groups (broad SMARTS) is 1. The summed E-state index contributed by atoms with van der Waals surface area (Å²) in [6.07, 6.45) is 2.89. The van der Waals surface area contributed by atoms with Gasteiger partial charge in [-0.1, -0.05) is 51.1 Å². The SMILES string of the molecule is CC(C)(C)C1CC(c2nc(CCc3ccccc3)cs2)CCN1C(=O)O. The van der Waals surface area contributed by atoms with Crippen LogP contribution in [0.4, 0.5) is 4.79 Å². The molecule has 26 heavy (non-hydrogen) atoms. The van der Waals surface area contributed by atoms with E-state index >= 15 is 0 Å². The fourth-order valence-electron chi connectivity index (χ4n) is 3.78. The van der Waals surface area contributed by atoms with Crippen LogP contribution in [0.5, 0.6) is 0 Å². The van der Waals surface area contributed by atoms with Crippen LogP contribution in [0, 0.1) is 5.41 Å². The summed E-state index contributed by atoms with van der Waals surface area (Å²) in [5.74, 6) is 0.366. The van der Waals surface area contributed by atoms with Crippen molar-refractivity contribution in [3.8, 4) is 0 Å². The van der Waals surface area contributed by atoms with Crippen molar-refractivity contribution >= 4 is 17.4 Å². The second-order valence-electron chi connectivity index (χ2n) is 8.24. The van der Waals surface area contributed by atoms with Gasteiger partial charge in [-0.05, 0) is 36.7 Å². The highest BCUT2D eigenvalue weighted by Gasteiger charge is 2.39. The fraction of sp³-hybridized carbons (Fsp3) is 0.524. The summed E-state index contributed by atoms with van der Waals surface area (Å²) < 4.78 is 0. The number of aromatic nitrogens is 1. The van der Waals surface area contributed by atoms with Crippen molar-refractivity contribution in [2.45, 2.75) is 58.4 Å². The van der Waals surface area contributed by atoms with E-state index in [1.165, 1.54) is 10.6 Å². The zero-order valence-electron chi connectivity index (χ0n) is 15.8. The highest BCUT2D eigenvalue weighted by atomic mass is 32.1. The molecular weight excluding hydrogens is 344 g/mol. The molecule has 0 bridgehead atoms. The molecule has 2 unspecified atom stereocenters. The van der Waals surface area contributed by atoms with Gasteiger partial charge in [0.1, 0.15) is 0 Å². The molecule has 1 fully saturated rings. The summed E-state index contributed by atoms with van der Waals surface area (Å²) in [5, 5.41) is 12.9. The Morgan fingerprint density at radius 2 is 2.00 bits per heavy atom. The Bertz CT molecular complexity index is 736. The Kier molecular flexibility index (Phi) is 5.66. The number of piperidine rings is 1. The number of aryl methyl sites for hydroxylation is 2. The minimum Gasteiger partial charge on any atom is -0.465 e. The zero-order chi connectivity index (χ0) is 18.7. The molecule has 140 valence electrons. The molecule has 3 rings (SSSR count). The zero-order valence-corrected chi connectivity index (χ0v) is 16.6. The average molecular weight is 373 g/mol. The third kappa shape index (κ3) is 4.44. The van der Waals surface area contributed by atoms with Crippen molar-refractivity contribution in [3.63, 3.8) is 0 Å². The third-order valence-electron chi connectivity index (χ3n) is 5.28. The summed E-state index contributed by atoms with van der Waals surface area (Å²) in [6, 6.07) is 10.5. The van der Waals surface area contributed by atoms with Gasteiger partial charge < -0.3 is 10.0 Å². The molecule has 1 aromatic heterocycles. The van der Waals surface area contributed by atoms with Gasteiger partial charge >= 0.3 is 6.09 Å². The molecule has 1 saturated heterocycles. The number of benzene rings is 1. The van der Waals surface area contributed by atoms with E-state index in [1.54, 1.807) is 16.2 Å². The van der Waals surface area contributed by atoms with Gasteiger partial charge in [0.2, 0.25) is 0 Å². The van der Waals surface area contributed by atoms with Crippen LogP contribution in [-0.2, 0) is 12.8 Å². The van der Waals surface area contributed by atoms with Crippen molar-refractivity contribution < 1.29 is 9.90 Å².